The molecule has 0 saturated carbocycles. The van der Waals surface area contributed by atoms with Gasteiger partial charge in [-0.25, -0.2) is 10.1 Å². The molecule has 3 aromatic rings. The quantitative estimate of drug-likeness (QED) is 0.523. The minimum atomic E-state index is -1.15. The molecule has 3 rings (SSSR count). The number of hydrogen-bond donors (Lipinski definition) is 4. The number of nitrogens with zero attached hydrogens (tertiary/aromatic N) is 2. The van der Waals surface area contributed by atoms with E-state index in [-0.39, 0.29) is 23.5 Å². The predicted molar refractivity (Wildman–Crippen MR) is 101 cm³/mol. The molecule has 144 valence electrons. The summed E-state index contributed by atoms with van der Waals surface area (Å²) in [7, 11) is 0. The number of fused-ring (bicyclic) bond motifs is 1. The molecule has 0 unspecified atom stereocenters. The molecule has 28 heavy (non-hydrogen) atoms. The van der Waals surface area contributed by atoms with Crippen LogP contribution in [0, 0.1) is 5.41 Å². The van der Waals surface area contributed by atoms with E-state index in [2.05, 4.69) is 20.5 Å². The van der Waals surface area contributed by atoms with Crippen LogP contribution in [0.2, 0.25) is 0 Å². The van der Waals surface area contributed by atoms with Gasteiger partial charge in [0.05, 0.1) is 17.0 Å². The molecule has 0 spiro atoms. The molecule has 4 N–H and O–H groups in total. The monoisotopic (exact) mass is 382 g/mol. The minimum Gasteiger partial charge on any atom is -0.505 e. The van der Waals surface area contributed by atoms with E-state index in [0.29, 0.717) is 21.9 Å². The molecule has 2 heterocycles. The number of hydrogen-bond acceptors (Lipinski definition) is 6. The summed E-state index contributed by atoms with van der Waals surface area (Å²) in [6.45, 7) is 2.84. The molecule has 2 aromatic heterocycles. The number of rotatable bonds is 5. The summed E-state index contributed by atoms with van der Waals surface area (Å²) in [5, 5.41) is 29.0. The molecule has 0 atom stereocenters. The third-order valence-electron chi connectivity index (χ3n) is 4.35. The van der Waals surface area contributed by atoms with Crippen molar-refractivity contribution in [3.63, 3.8) is 0 Å². The SMILES string of the molecule is CC(C)(CNC(=O)c1ncc(-c2ccc3c(=O)[nH]ncc3c2)cc1O)C(=O)O. The number of aromatic nitrogens is 3. The second-order valence-corrected chi connectivity index (χ2v) is 6.96. The first-order valence-electron chi connectivity index (χ1n) is 8.37. The first kappa shape index (κ1) is 19.0. The number of carbonyl (C=O) groups excluding carboxylic acids is 1. The van der Waals surface area contributed by atoms with Gasteiger partial charge in [0.2, 0.25) is 0 Å². The fourth-order valence-electron chi connectivity index (χ4n) is 2.52. The Bertz CT molecular complexity index is 1140. The van der Waals surface area contributed by atoms with Gasteiger partial charge in [-0.2, -0.15) is 5.10 Å². The smallest absolute Gasteiger partial charge is 0.310 e. The minimum absolute atomic E-state index is 0.115. The van der Waals surface area contributed by atoms with Crippen LogP contribution in [0.3, 0.4) is 0 Å². The molecule has 0 aliphatic carbocycles. The number of carboxylic acid groups (broad SMARTS) is 1. The number of nitrogens with one attached hydrogen (secondary N) is 2. The highest BCUT2D eigenvalue weighted by molar-refractivity contribution is 5.96. The molecular weight excluding hydrogens is 364 g/mol. The maximum atomic E-state index is 12.2. The van der Waals surface area contributed by atoms with Crippen LogP contribution in [-0.4, -0.2) is 43.8 Å². The van der Waals surface area contributed by atoms with Gasteiger partial charge in [-0.3, -0.25) is 14.4 Å². The van der Waals surface area contributed by atoms with Crippen molar-refractivity contribution < 1.29 is 19.8 Å². The van der Waals surface area contributed by atoms with Crippen LogP contribution in [0.1, 0.15) is 24.3 Å². The van der Waals surface area contributed by atoms with Crippen LogP contribution in [0.5, 0.6) is 5.75 Å². The number of amides is 1. The average molecular weight is 382 g/mol. The van der Waals surface area contributed by atoms with Crippen molar-refractivity contribution in [3.8, 4) is 16.9 Å². The van der Waals surface area contributed by atoms with Gasteiger partial charge < -0.3 is 15.5 Å². The Labute approximate surface area is 159 Å². The largest absolute Gasteiger partial charge is 0.505 e. The number of carbonyl (C=O) groups is 2. The third-order valence-corrected chi connectivity index (χ3v) is 4.35. The molecule has 0 aliphatic rings. The van der Waals surface area contributed by atoms with Crippen molar-refractivity contribution in [2.75, 3.05) is 6.54 Å². The van der Waals surface area contributed by atoms with Gasteiger partial charge in [0.25, 0.3) is 11.5 Å². The molecular formula is C19H18N4O5. The van der Waals surface area contributed by atoms with Crippen molar-refractivity contribution in [2.45, 2.75) is 13.8 Å². The number of carboxylic acids is 1. The zero-order valence-electron chi connectivity index (χ0n) is 15.2. The van der Waals surface area contributed by atoms with Gasteiger partial charge in [0, 0.05) is 23.7 Å². The Kier molecular flexibility index (Phi) is 4.83. The van der Waals surface area contributed by atoms with E-state index in [1.165, 1.54) is 32.3 Å². The van der Waals surface area contributed by atoms with Gasteiger partial charge in [-0.05, 0) is 37.6 Å². The van der Waals surface area contributed by atoms with Crippen LogP contribution < -0.4 is 10.9 Å². The molecule has 1 aromatic carbocycles. The third kappa shape index (κ3) is 3.68. The molecule has 9 nitrogen and oxygen atoms in total. The summed E-state index contributed by atoms with van der Waals surface area (Å²) < 4.78 is 0. The van der Waals surface area contributed by atoms with Gasteiger partial charge in [-0.1, -0.05) is 6.07 Å². The van der Waals surface area contributed by atoms with Gasteiger partial charge >= 0.3 is 5.97 Å². The molecule has 9 heteroatoms. The van der Waals surface area contributed by atoms with Crippen molar-refractivity contribution in [1.82, 2.24) is 20.5 Å². The Morgan fingerprint density at radius 1 is 1.18 bits per heavy atom. The number of H-pyrrole nitrogens is 1. The van der Waals surface area contributed by atoms with Crippen LogP contribution in [0.25, 0.3) is 21.9 Å². The van der Waals surface area contributed by atoms with Crippen molar-refractivity contribution >= 4 is 22.6 Å². The van der Waals surface area contributed by atoms with Crippen LogP contribution >= 0.6 is 0 Å². The number of benzene rings is 1. The second-order valence-electron chi connectivity index (χ2n) is 6.96. The fraction of sp³-hybridized carbons (Fsp3) is 0.211. The lowest BCUT2D eigenvalue weighted by atomic mass is 9.94. The number of aliphatic carboxylic acids is 1. The van der Waals surface area contributed by atoms with E-state index in [1.807, 2.05) is 0 Å². The fourth-order valence-corrected chi connectivity index (χ4v) is 2.52. The highest BCUT2D eigenvalue weighted by Gasteiger charge is 2.28. The van der Waals surface area contributed by atoms with Crippen molar-refractivity contribution in [2.24, 2.45) is 5.41 Å². The van der Waals surface area contributed by atoms with Crippen LogP contribution in [0.4, 0.5) is 0 Å². The molecule has 0 fully saturated rings. The number of pyridine rings is 1. The van der Waals surface area contributed by atoms with Gasteiger partial charge in [0.1, 0.15) is 5.75 Å². The molecule has 1 amide bonds. The molecule has 0 radical (unpaired) electrons. The predicted octanol–water partition coefficient (Wildman–Crippen LogP) is 1.53. The second kappa shape index (κ2) is 7.10. The summed E-state index contributed by atoms with van der Waals surface area (Å²) in [5.74, 6) is -2.06. The van der Waals surface area contributed by atoms with E-state index >= 15 is 0 Å². The summed E-state index contributed by atoms with van der Waals surface area (Å²) in [6, 6.07) is 6.44. The highest BCUT2D eigenvalue weighted by atomic mass is 16.4. The number of aromatic amines is 1. The zero-order chi connectivity index (χ0) is 20.5. The maximum Gasteiger partial charge on any atom is 0.310 e. The highest BCUT2D eigenvalue weighted by Crippen LogP contribution is 2.27. The Morgan fingerprint density at radius 3 is 2.61 bits per heavy atom. The normalized spacial score (nSPS) is 11.4. The lowest BCUT2D eigenvalue weighted by molar-refractivity contribution is -0.146. The number of aromatic hydroxyl groups is 1. The Morgan fingerprint density at radius 2 is 1.93 bits per heavy atom. The Balaban J connectivity index is 1.85. The summed E-state index contributed by atoms with van der Waals surface area (Å²) in [4.78, 5) is 39.1. The molecule has 0 saturated heterocycles. The Hall–Kier alpha value is -3.75. The molecule has 0 bridgehead atoms. The summed E-state index contributed by atoms with van der Waals surface area (Å²) in [5.41, 5.74) is -0.434. The molecule has 0 aliphatic heterocycles. The standard InChI is InChI=1S/C19H18N4O5/c1-19(2,18(27)28)9-21-17(26)15-14(24)6-11(7-20-15)10-3-4-13-12(5-10)8-22-23-16(13)25/h3-8,24H,9H2,1-2H3,(H,21,26)(H,23,25)(H,27,28). The van der Waals surface area contributed by atoms with Crippen molar-refractivity contribution in [1.29, 1.82) is 0 Å². The summed E-state index contributed by atoms with van der Waals surface area (Å²) >= 11 is 0. The van der Waals surface area contributed by atoms with E-state index in [4.69, 9.17) is 5.11 Å². The van der Waals surface area contributed by atoms with Crippen molar-refractivity contribution in [3.05, 3.63) is 52.7 Å². The van der Waals surface area contributed by atoms with Gasteiger partial charge in [0.15, 0.2) is 5.69 Å². The first-order valence-corrected chi connectivity index (χ1v) is 8.37. The average Bonchev–Trinajstić information content (AvgIpc) is 2.66. The van der Waals surface area contributed by atoms with E-state index in [9.17, 15) is 19.5 Å². The summed E-state index contributed by atoms with van der Waals surface area (Å²) in [6.07, 6.45) is 2.93. The lowest BCUT2D eigenvalue weighted by Crippen LogP contribution is -2.39. The maximum absolute atomic E-state index is 12.2. The van der Waals surface area contributed by atoms with E-state index < -0.39 is 17.3 Å². The topological polar surface area (TPSA) is 145 Å². The first-order chi connectivity index (χ1) is 13.2. The van der Waals surface area contributed by atoms with Crippen LogP contribution in [0.15, 0.2) is 41.5 Å². The lowest BCUT2D eigenvalue weighted by Gasteiger charge is -2.19. The van der Waals surface area contributed by atoms with E-state index in [1.54, 1.807) is 18.2 Å². The van der Waals surface area contributed by atoms with E-state index in [0.717, 1.165) is 0 Å². The van der Waals surface area contributed by atoms with Gasteiger partial charge in [-0.15, -0.1) is 0 Å². The zero-order valence-corrected chi connectivity index (χ0v) is 15.2. The van der Waals surface area contributed by atoms with Crippen LogP contribution in [-0.2, 0) is 4.79 Å².